The van der Waals surface area contributed by atoms with E-state index in [0.29, 0.717) is 0 Å². The van der Waals surface area contributed by atoms with Gasteiger partial charge in [-0.3, -0.25) is 0 Å². The van der Waals surface area contributed by atoms with Crippen LogP contribution < -0.4 is 31.3 Å². The Morgan fingerprint density at radius 3 is 1.98 bits per heavy atom. The van der Waals surface area contributed by atoms with Gasteiger partial charge in [-0.15, -0.1) is 0 Å². The van der Waals surface area contributed by atoms with Crippen molar-refractivity contribution in [3.8, 4) is 39.4 Å². The lowest BCUT2D eigenvalue weighted by Crippen LogP contribution is -2.59. The number of ether oxygens (including phenoxy) is 1. The highest BCUT2D eigenvalue weighted by Gasteiger charge is 2.40. The van der Waals surface area contributed by atoms with Gasteiger partial charge in [0.1, 0.15) is 0 Å². The number of benzene rings is 8. The van der Waals surface area contributed by atoms with Crippen LogP contribution >= 0.6 is 0 Å². The van der Waals surface area contributed by atoms with Crippen LogP contribution in [0.1, 0.15) is 0 Å². The summed E-state index contributed by atoms with van der Waals surface area (Å²) < 4.78 is 8.81. The average molecular weight is 676 g/mol. The molecule has 8 aromatic carbocycles. The van der Waals surface area contributed by atoms with Gasteiger partial charge in [0.25, 0.3) is 6.71 Å². The van der Waals surface area contributed by atoms with E-state index >= 15 is 0 Å². The second kappa shape index (κ2) is 10.8. The van der Waals surface area contributed by atoms with Crippen molar-refractivity contribution < 1.29 is 4.74 Å². The van der Waals surface area contributed by atoms with Crippen molar-refractivity contribution in [1.82, 2.24) is 4.57 Å². The lowest BCUT2D eigenvalue weighted by atomic mass is 9.34. The third-order valence-electron chi connectivity index (χ3n) is 11.4. The SMILES string of the molecule is c1ccc(-c2cccc3c2Nc2cc(-c4ccc(N5c6ccccc6Oc6ccccc65)cc4)cc4c2B3c2cccc3c5ccccc5n-4c23)cc1. The molecule has 3 aliphatic rings. The summed E-state index contributed by atoms with van der Waals surface area (Å²) in [5, 5.41) is 6.59. The standard InChI is InChI=1S/C48H30BN3O/c1-2-12-31(13-3-1)34-15-10-17-37-47(34)50-39-28-32(29-43-46(39)49(37)38-18-11-16-36-35-14-4-5-19-40(35)52(43)48(36)38)30-24-26-33(27-25-30)51-41-20-6-8-22-44(41)53-45-23-9-7-21-42(45)51/h1-29,50H. The molecule has 1 aromatic heterocycles. The minimum absolute atomic E-state index is 0.0957. The number of para-hydroxylation sites is 7. The summed E-state index contributed by atoms with van der Waals surface area (Å²) in [6.07, 6.45) is 0. The lowest BCUT2D eigenvalue weighted by Gasteiger charge is -2.35. The maximum Gasteiger partial charge on any atom is 0.252 e. The van der Waals surface area contributed by atoms with E-state index in [1.165, 1.54) is 66.3 Å². The van der Waals surface area contributed by atoms with Gasteiger partial charge >= 0.3 is 0 Å². The van der Waals surface area contributed by atoms with Gasteiger partial charge in [0.2, 0.25) is 0 Å². The number of fused-ring (bicyclic) bond motifs is 9. The first-order chi connectivity index (χ1) is 26.3. The van der Waals surface area contributed by atoms with Gasteiger partial charge in [0.05, 0.1) is 16.9 Å². The zero-order chi connectivity index (χ0) is 34.6. The second-order valence-corrected chi connectivity index (χ2v) is 14.2. The Kier molecular flexibility index (Phi) is 5.83. The number of nitrogens with zero attached hydrogens (tertiary/aromatic N) is 2. The summed E-state index contributed by atoms with van der Waals surface area (Å²) in [6, 6.07) is 63.5. The van der Waals surface area contributed by atoms with Crippen LogP contribution in [0.4, 0.5) is 28.4 Å². The average Bonchev–Trinajstić information content (AvgIpc) is 3.56. The van der Waals surface area contributed by atoms with Gasteiger partial charge in [-0.05, 0) is 87.7 Å². The molecule has 0 radical (unpaired) electrons. The topological polar surface area (TPSA) is 29.4 Å². The quantitative estimate of drug-likeness (QED) is 0.189. The predicted octanol–water partition coefficient (Wildman–Crippen LogP) is 10.6. The largest absolute Gasteiger partial charge is 0.453 e. The molecule has 5 heteroatoms. The Hall–Kier alpha value is -6.98. The smallest absolute Gasteiger partial charge is 0.252 e. The summed E-state index contributed by atoms with van der Waals surface area (Å²) in [4.78, 5) is 2.29. The van der Waals surface area contributed by atoms with E-state index in [0.717, 1.165) is 39.8 Å². The zero-order valence-electron chi connectivity index (χ0n) is 28.6. The van der Waals surface area contributed by atoms with Crippen molar-refractivity contribution in [3.63, 3.8) is 0 Å². The maximum absolute atomic E-state index is 6.30. The summed E-state index contributed by atoms with van der Waals surface area (Å²) >= 11 is 0. The molecule has 9 aromatic rings. The van der Waals surface area contributed by atoms with Gasteiger partial charge in [-0.2, -0.15) is 0 Å². The van der Waals surface area contributed by atoms with Crippen LogP contribution in [-0.2, 0) is 0 Å². The van der Waals surface area contributed by atoms with E-state index in [2.05, 4.69) is 166 Å². The molecule has 4 heterocycles. The molecule has 53 heavy (non-hydrogen) atoms. The molecule has 0 saturated heterocycles. The van der Waals surface area contributed by atoms with Crippen LogP contribution in [0, 0.1) is 0 Å². The molecule has 0 atom stereocenters. The molecule has 0 spiro atoms. The van der Waals surface area contributed by atoms with Gasteiger partial charge < -0.3 is 19.5 Å². The highest BCUT2D eigenvalue weighted by molar-refractivity contribution is 7.00. The summed E-state index contributed by atoms with van der Waals surface area (Å²) in [7, 11) is 0. The minimum Gasteiger partial charge on any atom is -0.453 e. The highest BCUT2D eigenvalue weighted by Crippen LogP contribution is 2.50. The molecule has 0 unspecified atom stereocenters. The minimum atomic E-state index is 0.0957. The molecule has 12 rings (SSSR count). The molecular weight excluding hydrogens is 645 g/mol. The molecular formula is C48H30BN3O. The molecule has 0 saturated carbocycles. The van der Waals surface area contributed by atoms with Crippen molar-refractivity contribution in [1.29, 1.82) is 0 Å². The van der Waals surface area contributed by atoms with E-state index in [1.54, 1.807) is 0 Å². The fourth-order valence-corrected chi connectivity index (χ4v) is 9.13. The Labute approximate surface area is 307 Å². The van der Waals surface area contributed by atoms with Crippen molar-refractivity contribution in [3.05, 3.63) is 176 Å². The van der Waals surface area contributed by atoms with Crippen LogP contribution in [0.25, 0.3) is 49.7 Å². The first kappa shape index (κ1) is 28.7. The lowest BCUT2D eigenvalue weighted by molar-refractivity contribution is 0.477. The number of anilines is 5. The molecule has 0 amide bonds. The van der Waals surface area contributed by atoms with E-state index in [-0.39, 0.29) is 6.71 Å². The van der Waals surface area contributed by atoms with Gasteiger partial charge in [0.15, 0.2) is 11.5 Å². The number of rotatable bonds is 3. The third-order valence-corrected chi connectivity index (χ3v) is 11.4. The Balaban J connectivity index is 1.08. The monoisotopic (exact) mass is 675 g/mol. The van der Waals surface area contributed by atoms with Crippen molar-refractivity contribution in [2.75, 3.05) is 10.2 Å². The first-order valence-electron chi connectivity index (χ1n) is 18.2. The molecule has 3 aliphatic heterocycles. The molecule has 4 nitrogen and oxygen atoms in total. The second-order valence-electron chi connectivity index (χ2n) is 14.2. The van der Waals surface area contributed by atoms with E-state index in [1.807, 2.05) is 24.3 Å². The van der Waals surface area contributed by atoms with Crippen LogP contribution in [0.5, 0.6) is 11.5 Å². The van der Waals surface area contributed by atoms with E-state index in [4.69, 9.17) is 4.74 Å². The number of nitrogens with one attached hydrogen (secondary N) is 1. The van der Waals surface area contributed by atoms with Crippen molar-refractivity contribution >= 4 is 73.3 Å². The molecule has 0 fully saturated rings. The van der Waals surface area contributed by atoms with Crippen LogP contribution in [0.2, 0.25) is 0 Å². The Morgan fingerprint density at radius 1 is 0.491 bits per heavy atom. The third kappa shape index (κ3) is 4.02. The maximum atomic E-state index is 6.30. The summed E-state index contributed by atoms with van der Waals surface area (Å²) in [6.45, 7) is 0.0957. The Bertz CT molecular complexity index is 2920. The fourth-order valence-electron chi connectivity index (χ4n) is 9.13. The van der Waals surface area contributed by atoms with Gasteiger partial charge in [-0.1, -0.05) is 121 Å². The molecule has 1 N–H and O–H groups in total. The first-order valence-corrected chi connectivity index (χ1v) is 18.2. The number of hydrogen-bond donors (Lipinski definition) is 1. The van der Waals surface area contributed by atoms with Crippen LogP contribution in [0.15, 0.2) is 176 Å². The van der Waals surface area contributed by atoms with Crippen molar-refractivity contribution in [2.45, 2.75) is 0 Å². The predicted molar refractivity (Wildman–Crippen MR) is 221 cm³/mol. The Morgan fingerprint density at radius 2 is 1.17 bits per heavy atom. The molecule has 0 bridgehead atoms. The highest BCUT2D eigenvalue weighted by atomic mass is 16.5. The van der Waals surface area contributed by atoms with E-state index < -0.39 is 0 Å². The normalized spacial score (nSPS) is 13.1. The number of aromatic nitrogens is 1. The molecule has 0 aliphatic carbocycles. The number of hydrogen-bond acceptors (Lipinski definition) is 3. The van der Waals surface area contributed by atoms with Crippen LogP contribution in [0.3, 0.4) is 0 Å². The van der Waals surface area contributed by atoms with Crippen LogP contribution in [-0.4, -0.2) is 11.3 Å². The van der Waals surface area contributed by atoms with Gasteiger partial charge in [0, 0.05) is 44.6 Å². The summed E-state index contributed by atoms with van der Waals surface area (Å²) in [5.41, 5.74) is 18.0. The van der Waals surface area contributed by atoms with Gasteiger partial charge in [-0.25, -0.2) is 0 Å². The fraction of sp³-hybridized carbons (Fsp3) is 0. The van der Waals surface area contributed by atoms with Crippen molar-refractivity contribution in [2.24, 2.45) is 0 Å². The zero-order valence-corrected chi connectivity index (χ0v) is 28.6. The molecule has 246 valence electrons. The van der Waals surface area contributed by atoms with E-state index in [9.17, 15) is 0 Å². The summed E-state index contributed by atoms with van der Waals surface area (Å²) in [5.74, 6) is 1.70.